The number of hydrogen-bond acceptors (Lipinski definition) is 5. The highest BCUT2D eigenvalue weighted by Crippen LogP contribution is 2.18. The summed E-state index contributed by atoms with van der Waals surface area (Å²) in [4.78, 5) is 34.6. The van der Waals surface area contributed by atoms with Crippen molar-refractivity contribution in [1.82, 2.24) is 15.1 Å². The lowest BCUT2D eigenvalue weighted by molar-refractivity contribution is -0.385. The van der Waals surface area contributed by atoms with Gasteiger partial charge in [-0.2, -0.15) is 5.10 Å². The van der Waals surface area contributed by atoms with Crippen LogP contribution in [0.15, 0.2) is 35.1 Å². The number of benzene rings is 1. The zero-order chi connectivity index (χ0) is 17.8. The lowest BCUT2D eigenvalue weighted by atomic mass is 9.97. The van der Waals surface area contributed by atoms with Crippen molar-refractivity contribution in [3.63, 3.8) is 0 Å². The number of carbonyl (C=O) groups is 1. The first kappa shape index (κ1) is 16.8. The molecule has 0 fully saturated rings. The van der Waals surface area contributed by atoms with Crippen LogP contribution in [0.5, 0.6) is 0 Å². The van der Waals surface area contributed by atoms with Gasteiger partial charge < -0.3 is 5.32 Å². The van der Waals surface area contributed by atoms with Gasteiger partial charge in [0.1, 0.15) is 5.56 Å². The summed E-state index contributed by atoms with van der Waals surface area (Å²) in [6, 6.07) is 7.37. The van der Waals surface area contributed by atoms with E-state index < -0.39 is 10.8 Å². The normalized spacial score (nSPS) is 13.1. The van der Waals surface area contributed by atoms with Crippen molar-refractivity contribution in [3.8, 4) is 0 Å². The summed E-state index contributed by atoms with van der Waals surface area (Å²) in [5, 5.41) is 18.0. The molecule has 1 aromatic carbocycles. The number of para-hydroxylation sites is 1. The van der Waals surface area contributed by atoms with Gasteiger partial charge in [-0.1, -0.05) is 12.1 Å². The second-order valence-corrected chi connectivity index (χ2v) is 5.91. The molecule has 0 radical (unpaired) electrons. The van der Waals surface area contributed by atoms with Gasteiger partial charge in [-0.15, -0.1) is 0 Å². The van der Waals surface area contributed by atoms with Gasteiger partial charge in [-0.05, 0) is 37.3 Å². The third kappa shape index (κ3) is 3.73. The summed E-state index contributed by atoms with van der Waals surface area (Å²) in [6.07, 6.45) is 3.88. The zero-order valence-electron chi connectivity index (χ0n) is 13.6. The first-order valence-electron chi connectivity index (χ1n) is 8.18. The molecule has 0 unspecified atom stereocenters. The van der Waals surface area contributed by atoms with Crippen molar-refractivity contribution in [1.29, 1.82) is 0 Å². The van der Waals surface area contributed by atoms with E-state index in [0.717, 1.165) is 36.9 Å². The van der Waals surface area contributed by atoms with Gasteiger partial charge in [0.25, 0.3) is 17.2 Å². The summed E-state index contributed by atoms with van der Waals surface area (Å²) in [5.41, 5.74) is 1.51. The Morgan fingerprint density at radius 1 is 1.28 bits per heavy atom. The van der Waals surface area contributed by atoms with E-state index in [2.05, 4.69) is 10.4 Å². The molecule has 3 rings (SSSR count). The molecule has 0 atom stereocenters. The van der Waals surface area contributed by atoms with E-state index in [1.54, 1.807) is 12.1 Å². The number of nitrogens with zero attached hydrogens (tertiary/aromatic N) is 3. The maximum Gasteiger partial charge on any atom is 0.282 e. The Morgan fingerprint density at radius 3 is 2.84 bits per heavy atom. The van der Waals surface area contributed by atoms with Crippen LogP contribution >= 0.6 is 0 Å². The topological polar surface area (TPSA) is 107 Å². The number of amides is 1. The van der Waals surface area contributed by atoms with Gasteiger partial charge in [-0.3, -0.25) is 19.7 Å². The van der Waals surface area contributed by atoms with Crippen LogP contribution in [-0.2, 0) is 19.4 Å². The number of nitrogens with one attached hydrogen (secondary N) is 1. The molecule has 0 aliphatic heterocycles. The number of fused-ring (bicyclic) bond motifs is 1. The Kier molecular flexibility index (Phi) is 4.87. The van der Waals surface area contributed by atoms with Crippen molar-refractivity contribution in [2.45, 2.75) is 32.2 Å². The highest BCUT2D eigenvalue weighted by Gasteiger charge is 2.19. The third-order valence-electron chi connectivity index (χ3n) is 4.23. The SMILES string of the molecule is O=C(NCCn1nc2c(cc1=O)CCCC2)c1ccccc1[N+](=O)[O-]. The Balaban J connectivity index is 1.66. The van der Waals surface area contributed by atoms with Crippen LogP contribution < -0.4 is 10.9 Å². The maximum atomic E-state index is 12.2. The molecule has 2 aromatic rings. The van der Waals surface area contributed by atoms with Gasteiger partial charge >= 0.3 is 0 Å². The van der Waals surface area contributed by atoms with Gasteiger partial charge in [0.05, 0.1) is 17.2 Å². The molecule has 0 saturated carbocycles. The standard InChI is InChI=1S/C17H18N4O4/c22-16-11-12-5-1-3-7-14(12)19-20(16)10-9-18-17(23)13-6-2-4-8-15(13)21(24)25/h2,4,6,8,11H,1,3,5,7,9-10H2,(H,18,23). The van der Waals surface area contributed by atoms with Gasteiger partial charge in [0.2, 0.25) is 0 Å². The summed E-state index contributed by atoms with van der Waals surface area (Å²) in [6.45, 7) is 0.384. The molecular formula is C17H18N4O4. The number of hydrogen-bond donors (Lipinski definition) is 1. The van der Waals surface area contributed by atoms with Crippen LogP contribution in [0, 0.1) is 10.1 Å². The number of carbonyl (C=O) groups excluding carboxylic acids is 1. The highest BCUT2D eigenvalue weighted by atomic mass is 16.6. The van der Waals surface area contributed by atoms with Crippen LogP contribution in [-0.4, -0.2) is 27.2 Å². The number of aromatic nitrogens is 2. The quantitative estimate of drug-likeness (QED) is 0.654. The van der Waals surface area contributed by atoms with E-state index >= 15 is 0 Å². The van der Waals surface area contributed by atoms with Crippen LogP contribution in [0.25, 0.3) is 0 Å². The summed E-state index contributed by atoms with van der Waals surface area (Å²) >= 11 is 0. The average Bonchev–Trinajstić information content (AvgIpc) is 2.62. The Labute approximate surface area is 143 Å². The molecule has 0 bridgehead atoms. The lowest BCUT2D eigenvalue weighted by Crippen LogP contribution is -2.33. The van der Waals surface area contributed by atoms with Crippen LogP contribution in [0.4, 0.5) is 5.69 Å². The number of aryl methyl sites for hydroxylation is 2. The van der Waals surface area contributed by atoms with Gasteiger partial charge in [0.15, 0.2) is 0 Å². The Bertz CT molecular complexity index is 875. The molecule has 0 saturated heterocycles. The second kappa shape index (κ2) is 7.25. The van der Waals surface area contributed by atoms with E-state index in [-0.39, 0.29) is 29.9 Å². The number of rotatable bonds is 5. The molecule has 1 aromatic heterocycles. The van der Waals surface area contributed by atoms with E-state index in [1.165, 1.54) is 22.9 Å². The van der Waals surface area contributed by atoms with Gasteiger partial charge in [0, 0.05) is 18.7 Å². The maximum absolute atomic E-state index is 12.2. The number of nitro benzene ring substituents is 1. The minimum absolute atomic E-state index is 0.00162. The van der Waals surface area contributed by atoms with E-state index in [4.69, 9.17) is 0 Å². The molecule has 130 valence electrons. The third-order valence-corrected chi connectivity index (χ3v) is 4.23. The fraction of sp³-hybridized carbons (Fsp3) is 0.353. The van der Waals surface area contributed by atoms with E-state index in [9.17, 15) is 19.7 Å². The summed E-state index contributed by atoms with van der Waals surface area (Å²) in [7, 11) is 0. The smallest absolute Gasteiger partial charge is 0.282 e. The Hall–Kier alpha value is -3.03. The lowest BCUT2D eigenvalue weighted by Gasteiger charge is -2.16. The molecule has 0 spiro atoms. The number of nitro groups is 1. The van der Waals surface area contributed by atoms with Crippen molar-refractivity contribution in [2.75, 3.05) is 6.54 Å². The van der Waals surface area contributed by atoms with Crippen molar-refractivity contribution in [2.24, 2.45) is 0 Å². The van der Waals surface area contributed by atoms with E-state index in [1.807, 2.05) is 0 Å². The largest absolute Gasteiger partial charge is 0.350 e. The van der Waals surface area contributed by atoms with E-state index in [0.29, 0.717) is 0 Å². The molecule has 1 N–H and O–H groups in total. The monoisotopic (exact) mass is 342 g/mol. The molecule has 1 heterocycles. The predicted molar refractivity (Wildman–Crippen MR) is 90.6 cm³/mol. The molecule has 8 heteroatoms. The van der Waals surface area contributed by atoms with Crippen molar-refractivity contribution >= 4 is 11.6 Å². The van der Waals surface area contributed by atoms with Gasteiger partial charge in [-0.25, -0.2) is 4.68 Å². The second-order valence-electron chi connectivity index (χ2n) is 5.91. The molecule has 25 heavy (non-hydrogen) atoms. The molecule has 1 aliphatic rings. The van der Waals surface area contributed by atoms with Crippen LogP contribution in [0.2, 0.25) is 0 Å². The first-order valence-corrected chi connectivity index (χ1v) is 8.18. The molecule has 8 nitrogen and oxygen atoms in total. The predicted octanol–water partition coefficient (Wildman–Crippen LogP) is 1.46. The zero-order valence-corrected chi connectivity index (χ0v) is 13.6. The summed E-state index contributed by atoms with van der Waals surface area (Å²) in [5.74, 6) is -0.543. The summed E-state index contributed by atoms with van der Waals surface area (Å²) < 4.78 is 1.34. The Morgan fingerprint density at radius 2 is 2.04 bits per heavy atom. The van der Waals surface area contributed by atoms with Crippen LogP contribution in [0.3, 0.4) is 0 Å². The minimum atomic E-state index is -0.593. The van der Waals surface area contributed by atoms with Crippen LogP contribution in [0.1, 0.15) is 34.5 Å². The van der Waals surface area contributed by atoms with Crippen molar-refractivity contribution in [3.05, 3.63) is 67.6 Å². The molecular weight excluding hydrogens is 324 g/mol. The highest BCUT2D eigenvalue weighted by molar-refractivity contribution is 5.98. The first-order chi connectivity index (χ1) is 12.1. The van der Waals surface area contributed by atoms with Crippen molar-refractivity contribution < 1.29 is 9.72 Å². The molecule has 1 amide bonds. The molecule has 1 aliphatic carbocycles. The minimum Gasteiger partial charge on any atom is -0.350 e. The average molecular weight is 342 g/mol. The fourth-order valence-electron chi connectivity index (χ4n) is 2.96. The fourth-order valence-corrected chi connectivity index (χ4v) is 2.96.